The lowest BCUT2D eigenvalue weighted by Crippen LogP contribution is -2.17. The van der Waals surface area contributed by atoms with E-state index in [1.165, 1.54) is 0 Å². The second-order valence-corrected chi connectivity index (χ2v) is 6.47. The van der Waals surface area contributed by atoms with Crippen molar-refractivity contribution in [3.8, 4) is 11.6 Å². The third-order valence-electron chi connectivity index (χ3n) is 4.21. The number of nitrogens with one attached hydrogen (secondary N) is 1. The van der Waals surface area contributed by atoms with E-state index in [0.717, 1.165) is 5.56 Å². The molecule has 3 aromatic rings. The molecule has 3 rings (SSSR count). The van der Waals surface area contributed by atoms with Gasteiger partial charge in [-0.2, -0.15) is 0 Å². The highest BCUT2D eigenvalue weighted by atomic mass is 16.5. The van der Waals surface area contributed by atoms with Crippen LogP contribution in [-0.4, -0.2) is 28.2 Å². The van der Waals surface area contributed by atoms with Gasteiger partial charge in [0.15, 0.2) is 0 Å². The maximum atomic E-state index is 11.2. The lowest BCUT2D eigenvalue weighted by molar-refractivity contribution is 0.0696. The van der Waals surface area contributed by atoms with Gasteiger partial charge in [-0.25, -0.2) is 9.78 Å². The first-order chi connectivity index (χ1) is 14.0. The van der Waals surface area contributed by atoms with Gasteiger partial charge in [-0.3, -0.25) is 4.98 Å². The maximum absolute atomic E-state index is 11.2. The lowest BCUT2D eigenvalue weighted by Gasteiger charge is -2.13. The number of carbonyl (C=O) groups is 1. The number of hydrogen-bond acceptors (Lipinski definition) is 6. The number of aromatic carboxylic acids is 1. The summed E-state index contributed by atoms with van der Waals surface area (Å²) >= 11 is 0. The van der Waals surface area contributed by atoms with Gasteiger partial charge in [-0.15, -0.1) is 0 Å². The molecule has 0 bridgehead atoms. The van der Waals surface area contributed by atoms with Crippen LogP contribution in [0.25, 0.3) is 0 Å². The van der Waals surface area contributed by atoms with E-state index in [1.807, 2.05) is 36.4 Å². The number of nitrogens with zero attached hydrogens (tertiary/aromatic N) is 2. The minimum Gasteiger partial charge on any atom is -0.487 e. The molecule has 1 aromatic carbocycles. The fraction of sp³-hybridized carbons (Fsp3) is 0.227. The van der Waals surface area contributed by atoms with Crippen LogP contribution < -0.4 is 14.8 Å². The molecule has 0 spiro atoms. The van der Waals surface area contributed by atoms with Gasteiger partial charge in [0.05, 0.1) is 18.4 Å². The van der Waals surface area contributed by atoms with Gasteiger partial charge in [0.2, 0.25) is 5.88 Å². The predicted molar refractivity (Wildman–Crippen MR) is 108 cm³/mol. The summed E-state index contributed by atoms with van der Waals surface area (Å²) in [4.78, 5) is 20.1. The van der Waals surface area contributed by atoms with Crippen molar-refractivity contribution in [3.63, 3.8) is 0 Å². The average Bonchev–Trinajstić information content (AvgIpc) is 2.73. The molecule has 150 valence electrons. The fourth-order valence-electron chi connectivity index (χ4n) is 2.84. The largest absolute Gasteiger partial charge is 0.487 e. The molecule has 2 aromatic heterocycles. The summed E-state index contributed by atoms with van der Waals surface area (Å²) < 4.78 is 11.2. The summed E-state index contributed by atoms with van der Waals surface area (Å²) in [5, 5.41) is 12.4. The summed E-state index contributed by atoms with van der Waals surface area (Å²) in [7, 11) is 1.56. The second-order valence-electron chi connectivity index (χ2n) is 6.47. The Kier molecular flexibility index (Phi) is 6.76. The third-order valence-corrected chi connectivity index (χ3v) is 4.21. The van der Waals surface area contributed by atoms with E-state index in [0.29, 0.717) is 48.4 Å². The Morgan fingerprint density at radius 2 is 1.86 bits per heavy atom. The number of rotatable bonds is 9. The summed E-state index contributed by atoms with van der Waals surface area (Å²) in [5.41, 5.74) is 3.30. The number of ether oxygens (including phenoxy) is 2. The van der Waals surface area contributed by atoms with Crippen LogP contribution in [0, 0.1) is 6.92 Å². The van der Waals surface area contributed by atoms with Crippen molar-refractivity contribution in [3.05, 3.63) is 82.8 Å². The van der Waals surface area contributed by atoms with E-state index in [-0.39, 0.29) is 5.56 Å². The van der Waals surface area contributed by atoms with Gasteiger partial charge < -0.3 is 19.9 Å². The molecular weight excluding hydrogens is 370 g/mol. The average molecular weight is 393 g/mol. The van der Waals surface area contributed by atoms with Crippen molar-refractivity contribution in [1.29, 1.82) is 0 Å². The van der Waals surface area contributed by atoms with Crippen molar-refractivity contribution in [2.45, 2.75) is 26.6 Å². The van der Waals surface area contributed by atoms with E-state index in [2.05, 4.69) is 15.3 Å². The quantitative estimate of drug-likeness (QED) is 0.576. The first-order valence-corrected chi connectivity index (χ1v) is 9.17. The molecule has 0 unspecified atom stereocenters. The minimum atomic E-state index is -0.970. The Morgan fingerprint density at radius 1 is 1.07 bits per heavy atom. The van der Waals surface area contributed by atoms with Gasteiger partial charge in [0.25, 0.3) is 0 Å². The number of pyridine rings is 2. The molecule has 0 saturated heterocycles. The third kappa shape index (κ3) is 5.76. The molecule has 29 heavy (non-hydrogen) atoms. The fourth-order valence-corrected chi connectivity index (χ4v) is 2.84. The molecule has 0 atom stereocenters. The highest BCUT2D eigenvalue weighted by Crippen LogP contribution is 2.21. The van der Waals surface area contributed by atoms with Crippen molar-refractivity contribution in [1.82, 2.24) is 15.3 Å². The van der Waals surface area contributed by atoms with E-state index in [1.54, 1.807) is 32.2 Å². The summed E-state index contributed by atoms with van der Waals surface area (Å²) in [5.74, 6) is 0.184. The number of aryl methyl sites for hydroxylation is 1. The Morgan fingerprint density at radius 3 is 2.59 bits per heavy atom. The molecule has 2 heterocycles. The van der Waals surface area contributed by atoms with Gasteiger partial charge in [-0.05, 0) is 30.7 Å². The van der Waals surface area contributed by atoms with Crippen LogP contribution in [-0.2, 0) is 19.7 Å². The topological polar surface area (TPSA) is 93.6 Å². The standard InChI is InChI=1S/C22H23N3O4/c1-15-10-17(22(26)27)11-18(24-15)12-23-13-19-20(8-9-21(25-19)28-2)29-14-16-6-4-3-5-7-16/h3-11,23H,12-14H2,1-2H3,(H,26,27). The van der Waals surface area contributed by atoms with Crippen LogP contribution in [0.3, 0.4) is 0 Å². The van der Waals surface area contributed by atoms with E-state index >= 15 is 0 Å². The summed E-state index contributed by atoms with van der Waals surface area (Å²) in [6.07, 6.45) is 0. The molecule has 0 aliphatic rings. The van der Waals surface area contributed by atoms with E-state index < -0.39 is 5.97 Å². The van der Waals surface area contributed by atoms with Crippen LogP contribution >= 0.6 is 0 Å². The van der Waals surface area contributed by atoms with Crippen LogP contribution in [0.4, 0.5) is 0 Å². The van der Waals surface area contributed by atoms with Crippen molar-refractivity contribution < 1.29 is 19.4 Å². The van der Waals surface area contributed by atoms with Gasteiger partial charge in [0, 0.05) is 24.8 Å². The molecule has 0 aliphatic heterocycles. The number of methoxy groups -OCH3 is 1. The number of aromatic nitrogens is 2. The number of carboxylic acids is 1. The summed E-state index contributed by atoms with van der Waals surface area (Å²) in [6.45, 7) is 3.02. The Balaban J connectivity index is 1.68. The normalized spacial score (nSPS) is 10.6. The number of carboxylic acid groups (broad SMARTS) is 1. The maximum Gasteiger partial charge on any atom is 0.335 e. The van der Waals surface area contributed by atoms with Crippen molar-refractivity contribution >= 4 is 5.97 Å². The minimum absolute atomic E-state index is 0.223. The molecule has 0 fully saturated rings. The van der Waals surface area contributed by atoms with Crippen LogP contribution in [0.5, 0.6) is 11.6 Å². The monoisotopic (exact) mass is 393 g/mol. The van der Waals surface area contributed by atoms with Crippen LogP contribution in [0.15, 0.2) is 54.6 Å². The zero-order valence-electron chi connectivity index (χ0n) is 16.4. The summed E-state index contributed by atoms with van der Waals surface area (Å²) in [6, 6.07) is 16.6. The zero-order chi connectivity index (χ0) is 20.6. The molecule has 2 N–H and O–H groups in total. The highest BCUT2D eigenvalue weighted by Gasteiger charge is 2.10. The van der Waals surface area contributed by atoms with E-state index in [9.17, 15) is 9.90 Å². The number of benzene rings is 1. The predicted octanol–water partition coefficient (Wildman–Crippen LogP) is 3.36. The first kappa shape index (κ1) is 20.3. The second kappa shape index (κ2) is 9.66. The first-order valence-electron chi connectivity index (χ1n) is 9.17. The lowest BCUT2D eigenvalue weighted by atomic mass is 10.2. The molecular formula is C22H23N3O4. The van der Waals surface area contributed by atoms with Crippen molar-refractivity contribution in [2.75, 3.05) is 7.11 Å². The van der Waals surface area contributed by atoms with Crippen LogP contribution in [0.2, 0.25) is 0 Å². The van der Waals surface area contributed by atoms with Crippen LogP contribution in [0.1, 0.15) is 33.0 Å². The highest BCUT2D eigenvalue weighted by molar-refractivity contribution is 5.87. The molecule has 7 nitrogen and oxygen atoms in total. The molecule has 0 radical (unpaired) electrons. The zero-order valence-corrected chi connectivity index (χ0v) is 16.4. The SMILES string of the molecule is COc1ccc(OCc2ccccc2)c(CNCc2cc(C(=O)O)cc(C)n2)n1. The number of hydrogen-bond donors (Lipinski definition) is 2. The van der Waals surface area contributed by atoms with Gasteiger partial charge in [0.1, 0.15) is 18.1 Å². The Bertz CT molecular complexity index is 977. The van der Waals surface area contributed by atoms with E-state index in [4.69, 9.17) is 9.47 Å². The molecule has 0 saturated carbocycles. The van der Waals surface area contributed by atoms with Crippen molar-refractivity contribution in [2.24, 2.45) is 0 Å². The van der Waals surface area contributed by atoms with Gasteiger partial charge >= 0.3 is 5.97 Å². The van der Waals surface area contributed by atoms with Gasteiger partial charge in [-0.1, -0.05) is 30.3 Å². The smallest absolute Gasteiger partial charge is 0.335 e. The Labute approximate surface area is 169 Å². The molecule has 0 amide bonds. The molecule has 0 aliphatic carbocycles. The molecule has 7 heteroatoms. The Hall–Kier alpha value is -3.45.